The number of nitrogens with one attached hydrogen (secondary N) is 1. The van der Waals surface area contributed by atoms with Gasteiger partial charge in [0.1, 0.15) is 0 Å². The lowest BCUT2D eigenvalue weighted by Gasteiger charge is -2.30. The quantitative estimate of drug-likeness (QED) is 0.759. The number of aliphatic hydroxyl groups is 1. The molecule has 1 aromatic carbocycles. The molecule has 0 unspecified atom stereocenters. The van der Waals surface area contributed by atoms with E-state index in [1.807, 2.05) is 25.1 Å². The van der Waals surface area contributed by atoms with Crippen LogP contribution in [0.25, 0.3) is 0 Å². The zero-order chi connectivity index (χ0) is 11.5. The van der Waals surface area contributed by atoms with Gasteiger partial charge in [0, 0.05) is 18.8 Å². The smallest absolute Gasteiger partial charge is 0.239 e. The van der Waals surface area contributed by atoms with Crippen molar-refractivity contribution in [3.05, 3.63) is 29.3 Å². The van der Waals surface area contributed by atoms with Crippen LogP contribution in [-0.4, -0.2) is 30.6 Å². The highest BCUT2D eigenvalue weighted by molar-refractivity contribution is 5.83. The minimum atomic E-state index is 0.0571. The molecule has 1 aromatic rings. The predicted molar refractivity (Wildman–Crippen MR) is 62.3 cm³/mol. The van der Waals surface area contributed by atoms with Gasteiger partial charge in [-0.05, 0) is 24.1 Å². The van der Waals surface area contributed by atoms with Crippen LogP contribution in [0.15, 0.2) is 18.2 Å². The largest absolute Gasteiger partial charge is 0.392 e. The molecule has 1 saturated heterocycles. The highest BCUT2D eigenvalue weighted by Gasteiger charge is 2.17. The van der Waals surface area contributed by atoms with E-state index in [0.29, 0.717) is 13.1 Å². The first-order chi connectivity index (χ1) is 7.70. The maximum absolute atomic E-state index is 11.3. The Morgan fingerprint density at radius 3 is 2.94 bits per heavy atom. The fourth-order valence-corrected chi connectivity index (χ4v) is 2.01. The number of aryl methyl sites for hydroxylation is 1. The number of anilines is 1. The van der Waals surface area contributed by atoms with Gasteiger partial charge in [-0.1, -0.05) is 12.1 Å². The molecule has 1 fully saturated rings. The van der Waals surface area contributed by atoms with E-state index in [4.69, 9.17) is 5.11 Å². The summed E-state index contributed by atoms with van der Waals surface area (Å²) in [6.45, 7) is 4.01. The zero-order valence-electron chi connectivity index (χ0n) is 9.36. The van der Waals surface area contributed by atoms with E-state index < -0.39 is 0 Å². The Balaban J connectivity index is 2.22. The zero-order valence-corrected chi connectivity index (χ0v) is 9.36. The molecule has 0 bridgehead atoms. The average Bonchev–Trinajstić information content (AvgIpc) is 2.28. The molecule has 86 valence electrons. The molecule has 0 atom stereocenters. The average molecular weight is 220 g/mol. The Morgan fingerprint density at radius 2 is 2.31 bits per heavy atom. The highest BCUT2D eigenvalue weighted by atomic mass is 16.3. The number of amides is 1. The molecule has 0 aromatic heterocycles. The third-order valence-electron chi connectivity index (χ3n) is 2.82. The van der Waals surface area contributed by atoms with E-state index in [9.17, 15) is 4.79 Å². The second kappa shape index (κ2) is 4.53. The number of hydrogen-bond acceptors (Lipinski definition) is 3. The van der Waals surface area contributed by atoms with Gasteiger partial charge >= 0.3 is 0 Å². The standard InChI is InChI=1S/C12H16N2O2/c1-9-6-10(8-15)2-3-11(9)14-5-4-13-12(16)7-14/h2-3,6,15H,4-5,7-8H2,1H3,(H,13,16). The van der Waals surface area contributed by atoms with Crippen molar-refractivity contribution in [3.8, 4) is 0 Å². The first-order valence-corrected chi connectivity index (χ1v) is 5.43. The molecule has 0 radical (unpaired) electrons. The molecule has 4 nitrogen and oxygen atoms in total. The molecule has 2 rings (SSSR count). The number of carbonyl (C=O) groups excluding carboxylic acids is 1. The SMILES string of the molecule is Cc1cc(CO)ccc1N1CCNC(=O)C1. The Hall–Kier alpha value is -1.55. The summed E-state index contributed by atoms with van der Waals surface area (Å²) in [4.78, 5) is 13.4. The van der Waals surface area contributed by atoms with E-state index in [-0.39, 0.29) is 12.5 Å². The summed E-state index contributed by atoms with van der Waals surface area (Å²) in [5.41, 5.74) is 3.08. The molecule has 0 aliphatic carbocycles. The van der Waals surface area contributed by atoms with E-state index in [1.165, 1.54) is 0 Å². The van der Waals surface area contributed by atoms with Crippen molar-refractivity contribution in [2.45, 2.75) is 13.5 Å². The maximum atomic E-state index is 11.3. The monoisotopic (exact) mass is 220 g/mol. The molecule has 0 saturated carbocycles. The van der Waals surface area contributed by atoms with Crippen molar-refractivity contribution >= 4 is 11.6 Å². The number of nitrogens with zero attached hydrogens (tertiary/aromatic N) is 1. The highest BCUT2D eigenvalue weighted by Crippen LogP contribution is 2.21. The minimum absolute atomic E-state index is 0.0571. The van der Waals surface area contributed by atoms with Crippen molar-refractivity contribution in [3.63, 3.8) is 0 Å². The first kappa shape index (κ1) is 11.0. The van der Waals surface area contributed by atoms with E-state index >= 15 is 0 Å². The van der Waals surface area contributed by atoms with Crippen LogP contribution >= 0.6 is 0 Å². The summed E-state index contributed by atoms with van der Waals surface area (Å²) in [6.07, 6.45) is 0. The van der Waals surface area contributed by atoms with Crippen molar-refractivity contribution in [2.24, 2.45) is 0 Å². The predicted octanol–water partition coefficient (Wildman–Crippen LogP) is 0.424. The number of benzene rings is 1. The number of piperazine rings is 1. The van der Waals surface area contributed by atoms with Crippen molar-refractivity contribution in [2.75, 3.05) is 24.5 Å². The maximum Gasteiger partial charge on any atom is 0.239 e. The Labute approximate surface area is 94.9 Å². The van der Waals surface area contributed by atoms with Gasteiger partial charge in [-0.3, -0.25) is 4.79 Å². The minimum Gasteiger partial charge on any atom is -0.392 e. The number of rotatable bonds is 2. The molecule has 1 heterocycles. The summed E-state index contributed by atoms with van der Waals surface area (Å²) in [5, 5.41) is 11.8. The summed E-state index contributed by atoms with van der Waals surface area (Å²) in [6, 6.07) is 5.83. The van der Waals surface area contributed by atoms with E-state index in [1.54, 1.807) is 0 Å². The molecule has 1 amide bonds. The molecule has 2 N–H and O–H groups in total. The van der Waals surface area contributed by atoms with Gasteiger partial charge in [-0.15, -0.1) is 0 Å². The number of carbonyl (C=O) groups is 1. The van der Waals surface area contributed by atoms with Crippen molar-refractivity contribution in [1.29, 1.82) is 0 Å². The van der Waals surface area contributed by atoms with Crippen LogP contribution in [0.2, 0.25) is 0 Å². The molecule has 1 aliphatic rings. The normalized spacial score (nSPS) is 16.1. The number of hydrogen-bond donors (Lipinski definition) is 2. The van der Waals surface area contributed by atoms with Gasteiger partial charge in [0.05, 0.1) is 13.2 Å². The fourth-order valence-electron chi connectivity index (χ4n) is 2.01. The molecule has 1 aliphatic heterocycles. The van der Waals surface area contributed by atoms with E-state index in [0.717, 1.165) is 23.4 Å². The van der Waals surface area contributed by atoms with E-state index in [2.05, 4.69) is 10.2 Å². The lowest BCUT2D eigenvalue weighted by molar-refractivity contribution is -0.120. The van der Waals surface area contributed by atoms with Gasteiger partial charge in [0.15, 0.2) is 0 Å². The van der Waals surface area contributed by atoms with Gasteiger partial charge in [-0.25, -0.2) is 0 Å². The molecule has 16 heavy (non-hydrogen) atoms. The Kier molecular flexibility index (Phi) is 3.10. The summed E-state index contributed by atoms with van der Waals surface area (Å²) in [5.74, 6) is 0.0666. The van der Waals surface area contributed by atoms with Crippen LogP contribution < -0.4 is 10.2 Å². The van der Waals surface area contributed by atoms with Crippen LogP contribution in [0, 0.1) is 6.92 Å². The Bertz CT molecular complexity index is 404. The summed E-state index contributed by atoms with van der Waals surface area (Å²) in [7, 11) is 0. The van der Waals surface area contributed by atoms with Crippen LogP contribution in [0.4, 0.5) is 5.69 Å². The van der Waals surface area contributed by atoms with Crippen LogP contribution in [0.3, 0.4) is 0 Å². The second-order valence-electron chi connectivity index (χ2n) is 4.05. The van der Waals surface area contributed by atoms with Crippen LogP contribution in [-0.2, 0) is 11.4 Å². The van der Waals surface area contributed by atoms with Crippen LogP contribution in [0.1, 0.15) is 11.1 Å². The summed E-state index contributed by atoms with van der Waals surface area (Å²) >= 11 is 0. The van der Waals surface area contributed by atoms with Gasteiger partial charge < -0.3 is 15.3 Å². The number of aliphatic hydroxyl groups excluding tert-OH is 1. The first-order valence-electron chi connectivity index (χ1n) is 5.43. The fraction of sp³-hybridized carbons (Fsp3) is 0.417. The van der Waals surface area contributed by atoms with Gasteiger partial charge in [0.25, 0.3) is 0 Å². The topological polar surface area (TPSA) is 52.6 Å². The van der Waals surface area contributed by atoms with Crippen molar-refractivity contribution in [1.82, 2.24) is 5.32 Å². The molecular weight excluding hydrogens is 204 g/mol. The third-order valence-corrected chi connectivity index (χ3v) is 2.82. The molecule has 0 spiro atoms. The lowest BCUT2D eigenvalue weighted by atomic mass is 10.1. The third kappa shape index (κ3) is 2.17. The second-order valence-corrected chi connectivity index (χ2v) is 4.05. The van der Waals surface area contributed by atoms with Crippen LogP contribution in [0.5, 0.6) is 0 Å². The summed E-state index contributed by atoms with van der Waals surface area (Å²) < 4.78 is 0. The molecular formula is C12H16N2O2. The Morgan fingerprint density at radius 1 is 1.50 bits per heavy atom. The van der Waals surface area contributed by atoms with Crippen molar-refractivity contribution < 1.29 is 9.90 Å². The van der Waals surface area contributed by atoms with Gasteiger partial charge in [0.2, 0.25) is 5.91 Å². The molecule has 4 heteroatoms. The lowest BCUT2D eigenvalue weighted by Crippen LogP contribution is -2.47. The van der Waals surface area contributed by atoms with Gasteiger partial charge in [-0.2, -0.15) is 0 Å².